The summed E-state index contributed by atoms with van der Waals surface area (Å²) in [5, 5.41) is 16.2. The van der Waals surface area contributed by atoms with Crippen LogP contribution in [0.15, 0.2) is 0 Å². The van der Waals surface area contributed by atoms with Gasteiger partial charge in [0.2, 0.25) is 0 Å². The lowest BCUT2D eigenvalue weighted by Crippen LogP contribution is -1.93. The Morgan fingerprint density at radius 3 is 1.13 bits per heavy atom. The van der Waals surface area contributed by atoms with E-state index in [4.69, 9.17) is 10.2 Å². The van der Waals surface area contributed by atoms with Crippen LogP contribution in [0.5, 0.6) is 0 Å². The van der Waals surface area contributed by atoms with Gasteiger partial charge in [-0.2, -0.15) is 0 Å². The quantitative estimate of drug-likeness (QED) is 0.359. The van der Waals surface area contributed by atoms with Gasteiger partial charge in [-0.05, 0) is 6.42 Å². The van der Waals surface area contributed by atoms with Crippen molar-refractivity contribution in [3.8, 4) is 0 Å². The van der Waals surface area contributed by atoms with E-state index < -0.39 is 11.9 Å². The van der Waals surface area contributed by atoms with Gasteiger partial charge in [-0.3, -0.25) is 9.59 Å². The molecule has 0 aromatic rings. The Morgan fingerprint density at radius 2 is 0.870 bits per heavy atom. The van der Waals surface area contributed by atoms with Crippen molar-refractivity contribution in [2.24, 2.45) is 0 Å². The molecule has 0 aliphatic heterocycles. The minimum absolute atomic E-state index is 0.222. The Hall–Kier alpha value is -1.06. The molecule has 0 unspecified atom stereocenters. The number of rotatable bonds is 15. The zero-order valence-electron chi connectivity index (χ0n) is 15.3. The first-order valence-corrected chi connectivity index (χ1v) is 9.48. The first-order chi connectivity index (χ1) is 11.0. The molecule has 0 bridgehead atoms. The lowest BCUT2D eigenvalue weighted by atomic mass is 10.0. The molecule has 0 saturated carbocycles. The lowest BCUT2D eigenvalue weighted by Gasteiger charge is -2.02. The standard InChI is InChI=1S/C16H32O2.C3H6O2/c1-2-3-4-5-6-7-8-9-10-11-12-13-14-15-16(17)18;1-2-3(4)5/h2-15H2,1H3,(H,17,18);2H2,1H3,(H,4,5). The molecule has 0 aliphatic rings. The molecular formula is C19H38O4. The normalized spacial score (nSPS) is 10.0. The summed E-state index contributed by atoms with van der Waals surface area (Å²) in [6.07, 6.45) is 17.5. The number of carbonyl (C=O) groups is 2. The average Bonchev–Trinajstić information content (AvgIpc) is 2.52. The third-order valence-corrected chi connectivity index (χ3v) is 3.80. The lowest BCUT2D eigenvalue weighted by molar-refractivity contribution is -0.137. The highest BCUT2D eigenvalue weighted by atomic mass is 16.4. The van der Waals surface area contributed by atoms with E-state index in [1.54, 1.807) is 6.92 Å². The fraction of sp³-hybridized carbons (Fsp3) is 0.895. The summed E-state index contributed by atoms with van der Waals surface area (Å²) in [7, 11) is 0. The van der Waals surface area contributed by atoms with Crippen LogP contribution in [0.25, 0.3) is 0 Å². The fourth-order valence-electron chi connectivity index (χ4n) is 2.29. The predicted molar refractivity (Wildman–Crippen MR) is 95.9 cm³/mol. The van der Waals surface area contributed by atoms with Crippen LogP contribution in [-0.2, 0) is 9.59 Å². The second kappa shape index (κ2) is 20.9. The Labute approximate surface area is 142 Å². The molecular weight excluding hydrogens is 292 g/mol. The monoisotopic (exact) mass is 330 g/mol. The molecule has 0 spiro atoms. The van der Waals surface area contributed by atoms with Gasteiger partial charge in [0.15, 0.2) is 0 Å². The van der Waals surface area contributed by atoms with Gasteiger partial charge < -0.3 is 10.2 Å². The van der Waals surface area contributed by atoms with Gasteiger partial charge in [-0.25, -0.2) is 0 Å². The first-order valence-electron chi connectivity index (χ1n) is 9.48. The van der Waals surface area contributed by atoms with Crippen molar-refractivity contribution in [3.63, 3.8) is 0 Å². The van der Waals surface area contributed by atoms with E-state index in [1.807, 2.05) is 0 Å². The van der Waals surface area contributed by atoms with Crippen LogP contribution >= 0.6 is 0 Å². The molecule has 4 nitrogen and oxygen atoms in total. The molecule has 0 aliphatic carbocycles. The van der Waals surface area contributed by atoms with Crippen molar-refractivity contribution in [3.05, 3.63) is 0 Å². The molecule has 0 aromatic carbocycles. The number of aliphatic carboxylic acids is 2. The predicted octanol–water partition coefficient (Wildman–Crippen LogP) is 6.03. The van der Waals surface area contributed by atoms with Crippen molar-refractivity contribution >= 4 is 11.9 Å². The number of carboxylic acid groups (broad SMARTS) is 2. The van der Waals surface area contributed by atoms with Crippen molar-refractivity contribution in [2.45, 2.75) is 110 Å². The summed E-state index contributed by atoms with van der Waals surface area (Å²) in [6.45, 7) is 3.86. The largest absolute Gasteiger partial charge is 0.481 e. The molecule has 0 fully saturated rings. The second-order valence-electron chi connectivity index (χ2n) is 6.13. The highest BCUT2D eigenvalue weighted by Gasteiger charge is 1.96. The molecule has 4 heteroatoms. The van der Waals surface area contributed by atoms with Crippen LogP contribution in [0.2, 0.25) is 0 Å². The van der Waals surface area contributed by atoms with Gasteiger partial charge in [0.1, 0.15) is 0 Å². The maximum Gasteiger partial charge on any atom is 0.303 e. The number of unbranched alkanes of at least 4 members (excludes halogenated alkanes) is 12. The van der Waals surface area contributed by atoms with Gasteiger partial charge in [0, 0.05) is 12.8 Å². The first kappa shape index (κ1) is 24.2. The minimum Gasteiger partial charge on any atom is -0.481 e. The molecule has 0 heterocycles. The van der Waals surface area contributed by atoms with Gasteiger partial charge in [0.05, 0.1) is 0 Å². The van der Waals surface area contributed by atoms with Crippen LogP contribution in [0, 0.1) is 0 Å². The number of carboxylic acids is 2. The molecule has 0 aromatic heterocycles. The number of hydrogen-bond donors (Lipinski definition) is 2. The summed E-state index contributed by atoms with van der Waals surface area (Å²) in [6, 6.07) is 0. The zero-order chi connectivity index (χ0) is 17.8. The van der Waals surface area contributed by atoms with Crippen LogP contribution in [0.1, 0.15) is 110 Å². The Morgan fingerprint density at radius 1 is 0.565 bits per heavy atom. The van der Waals surface area contributed by atoms with Crippen LogP contribution in [0.3, 0.4) is 0 Å². The van der Waals surface area contributed by atoms with Crippen LogP contribution in [-0.4, -0.2) is 22.2 Å². The van der Waals surface area contributed by atoms with E-state index >= 15 is 0 Å². The Bertz CT molecular complexity index is 264. The van der Waals surface area contributed by atoms with E-state index in [-0.39, 0.29) is 6.42 Å². The summed E-state index contributed by atoms with van der Waals surface area (Å²) < 4.78 is 0. The fourth-order valence-corrected chi connectivity index (χ4v) is 2.29. The van der Waals surface area contributed by atoms with Gasteiger partial charge >= 0.3 is 11.9 Å². The molecule has 23 heavy (non-hydrogen) atoms. The smallest absolute Gasteiger partial charge is 0.303 e. The highest BCUT2D eigenvalue weighted by molar-refractivity contribution is 5.66. The molecule has 0 rings (SSSR count). The van der Waals surface area contributed by atoms with E-state index in [1.165, 1.54) is 70.6 Å². The summed E-state index contributed by atoms with van der Waals surface area (Å²) in [5.41, 5.74) is 0. The van der Waals surface area contributed by atoms with E-state index in [9.17, 15) is 9.59 Å². The highest BCUT2D eigenvalue weighted by Crippen LogP contribution is 2.12. The summed E-state index contributed by atoms with van der Waals surface area (Å²) in [4.78, 5) is 19.7. The van der Waals surface area contributed by atoms with Crippen molar-refractivity contribution in [2.75, 3.05) is 0 Å². The third-order valence-electron chi connectivity index (χ3n) is 3.80. The Balaban J connectivity index is 0. The maximum absolute atomic E-state index is 10.3. The van der Waals surface area contributed by atoms with Crippen LogP contribution < -0.4 is 0 Å². The molecule has 0 saturated heterocycles. The molecule has 0 radical (unpaired) electrons. The maximum atomic E-state index is 10.3. The zero-order valence-corrected chi connectivity index (χ0v) is 15.3. The van der Waals surface area contributed by atoms with E-state index in [2.05, 4.69) is 6.92 Å². The van der Waals surface area contributed by atoms with Crippen molar-refractivity contribution < 1.29 is 19.8 Å². The van der Waals surface area contributed by atoms with Crippen molar-refractivity contribution in [1.29, 1.82) is 0 Å². The SMILES string of the molecule is CCC(=O)O.CCCCCCCCCCCCCCCC(=O)O. The summed E-state index contributed by atoms with van der Waals surface area (Å²) >= 11 is 0. The average molecular weight is 331 g/mol. The third kappa shape index (κ3) is 29.6. The molecule has 138 valence electrons. The van der Waals surface area contributed by atoms with Crippen molar-refractivity contribution in [1.82, 2.24) is 0 Å². The molecule has 0 amide bonds. The minimum atomic E-state index is -0.745. The summed E-state index contributed by atoms with van der Waals surface area (Å²) in [5.74, 6) is -1.40. The van der Waals surface area contributed by atoms with Gasteiger partial charge in [0.25, 0.3) is 0 Å². The van der Waals surface area contributed by atoms with E-state index in [0.717, 1.165) is 12.8 Å². The van der Waals surface area contributed by atoms with Gasteiger partial charge in [-0.1, -0.05) is 90.9 Å². The molecule has 0 atom stereocenters. The van der Waals surface area contributed by atoms with Crippen LogP contribution in [0.4, 0.5) is 0 Å². The number of hydrogen-bond acceptors (Lipinski definition) is 2. The topological polar surface area (TPSA) is 74.6 Å². The van der Waals surface area contributed by atoms with Gasteiger partial charge in [-0.15, -0.1) is 0 Å². The second-order valence-corrected chi connectivity index (χ2v) is 6.13. The Kier molecular flexibility index (Phi) is 22.0. The molecule has 2 N–H and O–H groups in total. The van der Waals surface area contributed by atoms with E-state index in [0.29, 0.717) is 6.42 Å².